The summed E-state index contributed by atoms with van der Waals surface area (Å²) in [5, 5.41) is 11.9. The summed E-state index contributed by atoms with van der Waals surface area (Å²) < 4.78 is 0. The smallest absolute Gasteiger partial charge is 0.303 e. The largest absolute Gasteiger partial charge is 0.481 e. The van der Waals surface area contributed by atoms with Crippen molar-refractivity contribution >= 4 is 5.97 Å². The summed E-state index contributed by atoms with van der Waals surface area (Å²) in [5.74, 6) is -0.263. The Bertz CT molecular complexity index is 327. The number of nitrogens with one attached hydrogen (secondary N) is 1. The Balaban J connectivity index is 2.06. The molecule has 4 nitrogen and oxygen atoms in total. The first kappa shape index (κ1) is 13.6. The lowest BCUT2D eigenvalue weighted by molar-refractivity contribution is -0.137. The van der Waals surface area contributed by atoms with Crippen molar-refractivity contribution in [2.24, 2.45) is 5.92 Å². The molecule has 1 aromatic heterocycles. The molecule has 2 N–H and O–H groups in total. The molecular formula is C13H20N2O2. The molecule has 0 saturated heterocycles. The monoisotopic (exact) mass is 236 g/mol. The molecule has 1 unspecified atom stereocenters. The molecule has 1 heterocycles. The van der Waals surface area contributed by atoms with Gasteiger partial charge < -0.3 is 10.4 Å². The SMILES string of the molecule is CC(CCNCc1ccccn1)CCC(=O)O. The van der Waals surface area contributed by atoms with Crippen LogP contribution in [-0.2, 0) is 11.3 Å². The minimum Gasteiger partial charge on any atom is -0.481 e. The van der Waals surface area contributed by atoms with Gasteiger partial charge in [0.2, 0.25) is 0 Å². The van der Waals surface area contributed by atoms with E-state index in [1.807, 2.05) is 18.2 Å². The van der Waals surface area contributed by atoms with Crippen molar-refractivity contribution in [3.63, 3.8) is 0 Å². The van der Waals surface area contributed by atoms with Crippen LogP contribution in [0.25, 0.3) is 0 Å². The number of rotatable bonds is 8. The van der Waals surface area contributed by atoms with Gasteiger partial charge in [0, 0.05) is 19.2 Å². The fourth-order valence-corrected chi connectivity index (χ4v) is 1.58. The first-order chi connectivity index (χ1) is 8.18. The Morgan fingerprint density at radius 2 is 2.29 bits per heavy atom. The molecule has 0 radical (unpaired) electrons. The Hall–Kier alpha value is -1.42. The minimum absolute atomic E-state index is 0.265. The molecule has 0 spiro atoms. The van der Waals surface area contributed by atoms with Crippen LogP contribution in [0.3, 0.4) is 0 Å². The van der Waals surface area contributed by atoms with E-state index in [9.17, 15) is 4.79 Å². The zero-order chi connectivity index (χ0) is 12.5. The lowest BCUT2D eigenvalue weighted by Gasteiger charge is -2.10. The molecule has 0 bridgehead atoms. The third-order valence-corrected chi connectivity index (χ3v) is 2.70. The van der Waals surface area contributed by atoms with Crippen LogP contribution in [0, 0.1) is 5.92 Å². The molecule has 1 rings (SSSR count). The van der Waals surface area contributed by atoms with Crippen molar-refractivity contribution in [3.05, 3.63) is 30.1 Å². The number of carbonyl (C=O) groups is 1. The van der Waals surface area contributed by atoms with Crippen molar-refractivity contribution < 1.29 is 9.90 Å². The number of carboxylic acids is 1. The van der Waals surface area contributed by atoms with Crippen LogP contribution in [0.4, 0.5) is 0 Å². The minimum atomic E-state index is -0.710. The maximum Gasteiger partial charge on any atom is 0.303 e. The molecule has 1 atom stereocenters. The lowest BCUT2D eigenvalue weighted by Crippen LogP contribution is -2.18. The molecule has 0 fully saturated rings. The molecule has 0 aliphatic rings. The van der Waals surface area contributed by atoms with Gasteiger partial charge >= 0.3 is 5.97 Å². The fourth-order valence-electron chi connectivity index (χ4n) is 1.58. The van der Waals surface area contributed by atoms with Crippen LogP contribution in [0.2, 0.25) is 0 Å². The van der Waals surface area contributed by atoms with Crippen molar-refractivity contribution in [2.45, 2.75) is 32.7 Å². The maximum atomic E-state index is 10.4. The fraction of sp³-hybridized carbons (Fsp3) is 0.538. The van der Waals surface area contributed by atoms with E-state index in [-0.39, 0.29) is 6.42 Å². The predicted molar refractivity (Wildman–Crippen MR) is 66.6 cm³/mol. The molecule has 1 aromatic rings. The third-order valence-electron chi connectivity index (χ3n) is 2.70. The van der Waals surface area contributed by atoms with E-state index in [4.69, 9.17) is 5.11 Å². The summed E-state index contributed by atoms with van der Waals surface area (Å²) in [6.45, 7) is 3.76. The highest BCUT2D eigenvalue weighted by molar-refractivity contribution is 5.66. The second-order valence-corrected chi connectivity index (χ2v) is 4.32. The topological polar surface area (TPSA) is 62.2 Å². The van der Waals surface area contributed by atoms with Crippen LogP contribution < -0.4 is 5.32 Å². The zero-order valence-electron chi connectivity index (χ0n) is 10.2. The van der Waals surface area contributed by atoms with E-state index in [0.29, 0.717) is 5.92 Å². The van der Waals surface area contributed by atoms with Gasteiger partial charge in [0.15, 0.2) is 0 Å². The highest BCUT2D eigenvalue weighted by Gasteiger charge is 2.04. The molecular weight excluding hydrogens is 216 g/mol. The highest BCUT2D eigenvalue weighted by atomic mass is 16.4. The average Bonchev–Trinajstić information content (AvgIpc) is 2.33. The summed E-state index contributed by atoms with van der Waals surface area (Å²) >= 11 is 0. The van der Waals surface area contributed by atoms with E-state index < -0.39 is 5.97 Å². The average molecular weight is 236 g/mol. The second kappa shape index (κ2) is 7.79. The molecule has 94 valence electrons. The Morgan fingerprint density at radius 1 is 1.47 bits per heavy atom. The first-order valence-corrected chi connectivity index (χ1v) is 6.01. The lowest BCUT2D eigenvalue weighted by atomic mass is 10.0. The van der Waals surface area contributed by atoms with Crippen LogP contribution in [-0.4, -0.2) is 22.6 Å². The van der Waals surface area contributed by atoms with E-state index in [2.05, 4.69) is 17.2 Å². The molecule has 0 aromatic carbocycles. The summed E-state index contributed by atoms with van der Waals surface area (Å²) in [6, 6.07) is 5.86. The number of aromatic nitrogens is 1. The van der Waals surface area contributed by atoms with Crippen LogP contribution in [0.5, 0.6) is 0 Å². The molecule has 0 saturated carbocycles. The van der Waals surface area contributed by atoms with Crippen molar-refractivity contribution in [3.8, 4) is 0 Å². The summed E-state index contributed by atoms with van der Waals surface area (Å²) in [4.78, 5) is 14.6. The molecule has 17 heavy (non-hydrogen) atoms. The van der Waals surface area contributed by atoms with Gasteiger partial charge in [-0.2, -0.15) is 0 Å². The van der Waals surface area contributed by atoms with Crippen molar-refractivity contribution in [2.75, 3.05) is 6.54 Å². The van der Waals surface area contributed by atoms with E-state index in [1.54, 1.807) is 6.20 Å². The van der Waals surface area contributed by atoms with Gasteiger partial charge in [0.05, 0.1) is 5.69 Å². The van der Waals surface area contributed by atoms with Crippen molar-refractivity contribution in [1.82, 2.24) is 10.3 Å². The predicted octanol–water partition coefficient (Wildman–Crippen LogP) is 2.06. The molecule has 0 aliphatic carbocycles. The Labute approximate surface area is 102 Å². The number of pyridine rings is 1. The molecule has 4 heteroatoms. The highest BCUT2D eigenvalue weighted by Crippen LogP contribution is 2.09. The Morgan fingerprint density at radius 3 is 2.94 bits per heavy atom. The number of nitrogens with zero attached hydrogens (tertiary/aromatic N) is 1. The molecule has 0 amide bonds. The summed E-state index contributed by atoms with van der Waals surface area (Å²) in [5.41, 5.74) is 1.03. The zero-order valence-corrected chi connectivity index (χ0v) is 10.2. The third kappa shape index (κ3) is 6.68. The summed E-state index contributed by atoms with van der Waals surface area (Å²) in [7, 11) is 0. The summed E-state index contributed by atoms with van der Waals surface area (Å²) in [6.07, 6.45) is 3.80. The standard InChI is InChI=1S/C13H20N2O2/c1-11(5-6-13(16)17)7-9-14-10-12-4-2-3-8-15-12/h2-4,8,11,14H,5-7,9-10H2,1H3,(H,16,17). The maximum absolute atomic E-state index is 10.4. The van der Waals surface area contributed by atoms with Gasteiger partial charge in [-0.3, -0.25) is 9.78 Å². The van der Waals surface area contributed by atoms with Crippen LogP contribution in [0.1, 0.15) is 31.9 Å². The number of hydrogen-bond donors (Lipinski definition) is 2. The second-order valence-electron chi connectivity index (χ2n) is 4.32. The van der Waals surface area contributed by atoms with Gasteiger partial charge in [-0.15, -0.1) is 0 Å². The number of carboxylic acid groups (broad SMARTS) is 1. The van der Waals surface area contributed by atoms with E-state index >= 15 is 0 Å². The quantitative estimate of drug-likeness (QED) is 0.678. The van der Waals surface area contributed by atoms with Gasteiger partial charge in [0.1, 0.15) is 0 Å². The number of hydrogen-bond acceptors (Lipinski definition) is 3. The van der Waals surface area contributed by atoms with Gasteiger partial charge in [-0.25, -0.2) is 0 Å². The number of aliphatic carboxylic acids is 1. The van der Waals surface area contributed by atoms with E-state index in [1.165, 1.54) is 0 Å². The Kier molecular flexibility index (Phi) is 6.25. The van der Waals surface area contributed by atoms with Gasteiger partial charge in [-0.05, 0) is 37.4 Å². The van der Waals surface area contributed by atoms with E-state index in [0.717, 1.165) is 31.6 Å². The first-order valence-electron chi connectivity index (χ1n) is 6.01. The molecule has 0 aliphatic heterocycles. The van der Waals surface area contributed by atoms with Gasteiger partial charge in [-0.1, -0.05) is 13.0 Å². The van der Waals surface area contributed by atoms with Crippen LogP contribution in [0.15, 0.2) is 24.4 Å². The normalized spacial score (nSPS) is 12.3. The van der Waals surface area contributed by atoms with Crippen LogP contribution >= 0.6 is 0 Å². The van der Waals surface area contributed by atoms with Gasteiger partial charge in [0.25, 0.3) is 0 Å². The van der Waals surface area contributed by atoms with Crippen molar-refractivity contribution in [1.29, 1.82) is 0 Å².